The van der Waals surface area contributed by atoms with Gasteiger partial charge in [-0.1, -0.05) is 11.6 Å². The van der Waals surface area contributed by atoms with E-state index in [4.69, 9.17) is 21.1 Å². The molecule has 1 aliphatic rings. The predicted molar refractivity (Wildman–Crippen MR) is 126 cm³/mol. The number of hydrogen-bond donors (Lipinski definition) is 2. The fourth-order valence-electron chi connectivity index (χ4n) is 3.87. The van der Waals surface area contributed by atoms with Gasteiger partial charge in [0, 0.05) is 37.3 Å². The third kappa shape index (κ3) is 5.93. The summed E-state index contributed by atoms with van der Waals surface area (Å²) in [7, 11) is 1.92. The molecule has 176 valence electrons. The van der Waals surface area contributed by atoms with Crippen molar-refractivity contribution in [2.45, 2.75) is 26.4 Å². The number of nitrogens with one attached hydrogen (secondary N) is 2. The number of ether oxygens (including phenoxy) is 2. The molecule has 3 heterocycles. The molecule has 10 heteroatoms. The summed E-state index contributed by atoms with van der Waals surface area (Å²) in [5.74, 6) is 0.719. The van der Waals surface area contributed by atoms with Gasteiger partial charge in [-0.15, -0.1) is 0 Å². The van der Waals surface area contributed by atoms with Crippen LogP contribution in [0.25, 0.3) is 0 Å². The van der Waals surface area contributed by atoms with E-state index < -0.39 is 0 Å². The lowest BCUT2D eigenvalue weighted by Crippen LogP contribution is -2.42. The molecular weight excluding hydrogens is 444 g/mol. The number of aromatic amines is 1. The van der Waals surface area contributed by atoms with Crippen LogP contribution in [0.3, 0.4) is 0 Å². The van der Waals surface area contributed by atoms with Crippen molar-refractivity contribution in [3.8, 4) is 5.75 Å². The van der Waals surface area contributed by atoms with Crippen LogP contribution in [0.15, 0.2) is 30.3 Å². The van der Waals surface area contributed by atoms with Crippen LogP contribution < -0.4 is 10.1 Å². The molecular formula is C23H29ClN6O3. The summed E-state index contributed by atoms with van der Waals surface area (Å²) in [6.45, 7) is 6.43. The average Bonchev–Trinajstić information content (AvgIpc) is 3.32. The number of halogens is 1. The van der Waals surface area contributed by atoms with Crippen molar-refractivity contribution in [1.29, 1.82) is 0 Å². The first kappa shape index (κ1) is 23.3. The zero-order valence-electron chi connectivity index (χ0n) is 19.1. The first-order chi connectivity index (χ1) is 15.9. The lowest BCUT2D eigenvalue weighted by atomic mass is 10.2. The van der Waals surface area contributed by atoms with Gasteiger partial charge in [0.1, 0.15) is 11.9 Å². The quantitative estimate of drug-likeness (QED) is 0.523. The van der Waals surface area contributed by atoms with Crippen molar-refractivity contribution >= 4 is 23.2 Å². The standard InChI is InChI=1S/C23H29ClN6O3/c1-15-23(16(2)27-26-15)25-22(31)14-30-9-11-33-21(13-30)20-12-18(29(3)28-20)8-10-32-19-6-4-17(24)5-7-19/h4-7,12,21H,8-11,13-14H2,1-3H3,(H,25,31)(H,26,27). The van der Waals surface area contributed by atoms with E-state index in [0.29, 0.717) is 44.3 Å². The molecule has 0 radical (unpaired) electrons. The maximum atomic E-state index is 12.6. The molecule has 0 bridgehead atoms. The van der Waals surface area contributed by atoms with Gasteiger partial charge in [-0.3, -0.25) is 19.5 Å². The van der Waals surface area contributed by atoms with E-state index in [0.717, 1.165) is 34.2 Å². The minimum atomic E-state index is -0.180. The van der Waals surface area contributed by atoms with Crippen LogP contribution in [0.2, 0.25) is 5.02 Å². The van der Waals surface area contributed by atoms with Gasteiger partial charge in [-0.05, 0) is 44.2 Å². The number of H-pyrrole nitrogens is 1. The minimum absolute atomic E-state index is 0.0655. The number of aromatic nitrogens is 4. The monoisotopic (exact) mass is 472 g/mol. The highest BCUT2D eigenvalue weighted by Crippen LogP contribution is 2.23. The SMILES string of the molecule is Cc1n[nH]c(C)c1NC(=O)CN1CCOC(c2cc(CCOc3ccc(Cl)cc3)n(C)n2)C1. The largest absolute Gasteiger partial charge is 0.493 e. The lowest BCUT2D eigenvalue weighted by molar-refractivity contribution is -0.119. The predicted octanol–water partition coefficient (Wildman–Crippen LogP) is 3.05. The van der Waals surface area contributed by atoms with Crippen molar-refractivity contribution in [2.24, 2.45) is 7.05 Å². The fourth-order valence-corrected chi connectivity index (χ4v) is 3.99. The number of benzene rings is 1. The van der Waals surface area contributed by atoms with E-state index in [1.165, 1.54) is 0 Å². The molecule has 1 aliphatic heterocycles. The molecule has 1 saturated heterocycles. The second-order valence-corrected chi connectivity index (χ2v) is 8.62. The summed E-state index contributed by atoms with van der Waals surface area (Å²) >= 11 is 5.91. The van der Waals surface area contributed by atoms with Gasteiger partial charge in [0.2, 0.25) is 5.91 Å². The summed E-state index contributed by atoms with van der Waals surface area (Å²) in [4.78, 5) is 14.7. The van der Waals surface area contributed by atoms with Gasteiger partial charge < -0.3 is 14.8 Å². The molecule has 2 N–H and O–H groups in total. The van der Waals surface area contributed by atoms with Crippen LogP contribution in [0.1, 0.15) is 28.9 Å². The van der Waals surface area contributed by atoms with E-state index in [1.807, 2.05) is 49.8 Å². The van der Waals surface area contributed by atoms with E-state index in [9.17, 15) is 4.79 Å². The van der Waals surface area contributed by atoms with Crippen LogP contribution in [-0.2, 0) is 23.0 Å². The van der Waals surface area contributed by atoms with Crippen molar-refractivity contribution in [1.82, 2.24) is 24.9 Å². The molecule has 1 unspecified atom stereocenters. The number of carbonyl (C=O) groups is 1. The Kier molecular flexibility index (Phi) is 7.32. The van der Waals surface area contributed by atoms with Gasteiger partial charge in [0.25, 0.3) is 0 Å². The highest BCUT2D eigenvalue weighted by atomic mass is 35.5. The molecule has 1 atom stereocenters. The molecule has 4 rings (SSSR count). The number of nitrogens with zero attached hydrogens (tertiary/aromatic N) is 4. The first-order valence-corrected chi connectivity index (χ1v) is 11.3. The van der Waals surface area contributed by atoms with Gasteiger partial charge in [-0.2, -0.15) is 10.2 Å². The van der Waals surface area contributed by atoms with E-state index in [1.54, 1.807) is 0 Å². The molecule has 2 aromatic heterocycles. The summed E-state index contributed by atoms with van der Waals surface area (Å²) in [5, 5.41) is 15.3. The van der Waals surface area contributed by atoms with E-state index in [-0.39, 0.29) is 12.0 Å². The van der Waals surface area contributed by atoms with Crippen molar-refractivity contribution in [3.05, 3.63) is 58.1 Å². The number of aryl methyl sites for hydroxylation is 3. The molecule has 0 saturated carbocycles. The number of anilines is 1. The molecule has 33 heavy (non-hydrogen) atoms. The van der Waals surface area contributed by atoms with Gasteiger partial charge in [0.05, 0.1) is 42.5 Å². The fraction of sp³-hybridized carbons (Fsp3) is 0.435. The molecule has 0 spiro atoms. The van der Waals surface area contributed by atoms with Crippen LogP contribution in [0.5, 0.6) is 5.75 Å². The number of morpholine rings is 1. The van der Waals surface area contributed by atoms with Crippen LogP contribution in [0, 0.1) is 13.8 Å². The Labute approximate surface area is 198 Å². The Hall–Kier alpha value is -2.88. The summed E-state index contributed by atoms with van der Waals surface area (Å²) < 4.78 is 13.6. The first-order valence-electron chi connectivity index (χ1n) is 11.0. The Bertz CT molecular complexity index is 1070. The van der Waals surface area contributed by atoms with Crippen molar-refractivity contribution in [2.75, 3.05) is 38.2 Å². The topological polar surface area (TPSA) is 97.3 Å². The van der Waals surface area contributed by atoms with Crippen molar-refractivity contribution in [3.63, 3.8) is 0 Å². The van der Waals surface area contributed by atoms with Crippen LogP contribution >= 0.6 is 11.6 Å². The molecule has 9 nitrogen and oxygen atoms in total. The number of rotatable bonds is 8. The maximum Gasteiger partial charge on any atom is 0.238 e. The Morgan fingerprint density at radius 3 is 2.85 bits per heavy atom. The van der Waals surface area contributed by atoms with Gasteiger partial charge in [0.15, 0.2) is 0 Å². The minimum Gasteiger partial charge on any atom is -0.493 e. The van der Waals surface area contributed by atoms with Crippen LogP contribution in [-0.4, -0.2) is 63.6 Å². The summed E-state index contributed by atoms with van der Waals surface area (Å²) in [6, 6.07) is 9.38. The highest BCUT2D eigenvalue weighted by Gasteiger charge is 2.26. The zero-order valence-corrected chi connectivity index (χ0v) is 19.9. The molecule has 3 aromatic rings. The lowest BCUT2D eigenvalue weighted by Gasteiger charge is -2.31. The maximum absolute atomic E-state index is 12.6. The second-order valence-electron chi connectivity index (χ2n) is 8.19. The Balaban J connectivity index is 1.30. The highest BCUT2D eigenvalue weighted by molar-refractivity contribution is 6.30. The molecule has 1 fully saturated rings. The van der Waals surface area contributed by atoms with E-state index >= 15 is 0 Å². The summed E-state index contributed by atoms with van der Waals surface area (Å²) in [6.07, 6.45) is 0.537. The zero-order chi connectivity index (χ0) is 23.4. The van der Waals surface area contributed by atoms with Crippen molar-refractivity contribution < 1.29 is 14.3 Å². The Morgan fingerprint density at radius 2 is 2.12 bits per heavy atom. The van der Waals surface area contributed by atoms with E-state index in [2.05, 4.69) is 31.6 Å². The Morgan fingerprint density at radius 1 is 1.33 bits per heavy atom. The third-order valence-electron chi connectivity index (χ3n) is 5.68. The van der Waals surface area contributed by atoms with Gasteiger partial charge in [-0.25, -0.2) is 0 Å². The number of amides is 1. The smallest absolute Gasteiger partial charge is 0.238 e. The molecule has 1 amide bonds. The van der Waals surface area contributed by atoms with Gasteiger partial charge >= 0.3 is 0 Å². The normalized spacial score (nSPS) is 16.7. The molecule has 0 aliphatic carbocycles. The third-order valence-corrected chi connectivity index (χ3v) is 5.93. The molecule has 1 aromatic carbocycles. The van der Waals surface area contributed by atoms with Crippen LogP contribution in [0.4, 0.5) is 5.69 Å². The number of hydrogen-bond acceptors (Lipinski definition) is 6. The average molecular weight is 473 g/mol. The summed E-state index contributed by atoms with van der Waals surface area (Å²) in [5.41, 5.74) is 4.30. The number of carbonyl (C=O) groups excluding carboxylic acids is 1. The second kappa shape index (κ2) is 10.4.